The van der Waals surface area contributed by atoms with Crippen LogP contribution in [0.4, 0.5) is 17.6 Å². The van der Waals surface area contributed by atoms with Crippen molar-refractivity contribution in [2.24, 2.45) is 5.92 Å². The maximum atomic E-state index is 14.8. The van der Waals surface area contributed by atoms with Gasteiger partial charge in [-0.15, -0.1) is 24.8 Å². The molecule has 4 rings (SSSR count). The number of fused-ring (bicyclic) bond motifs is 1. The van der Waals surface area contributed by atoms with Crippen LogP contribution in [0.5, 0.6) is 0 Å². The van der Waals surface area contributed by atoms with E-state index >= 15 is 0 Å². The van der Waals surface area contributed by atoms with Gasteiger partial charge >= 0.3 is 196 Å². The van der Waals surface area contributed by atoms with Crippen molar-refractivity contribution < 1.29 is 37.9 Å². The first-order valence-electron chi connectivity index (χ1n) is 10.8. The summed E-state index contributed by atoms with van der Waals surface area (Å²) < 4.78 is 59.0. The predicted molar refractivity (Wildman–Crippen MR) is 135 cm³/mol. The molecule has 8 heteroatoms. The molecule has 0 saturated heterocycles. The fourth-order valence-corrected chi connectivity index (χ4v) is 24.9. The average Bonchev–Trinajstić information content (AvgIpc) is 3.20. The topological polar surface area (TPSA) is 0 Å². The van der Waals surface area contributed by atoms with Gasteiger partial charge in [-0.3, -0.25) is 0 Å². The minimum atomic E-state index is -2.36. The Morgan fingerprint density at radius 2 is 1.47 bits per heavy atom. The van der Waals surface area contributed by atoms with Crippen molar-refractivity contribution in [2.45, 2.75) is 44.4 Å². The zero-order valence-corrected chi connectivity index (χ0v) is 25.0. The fraction of sp³-hybridized carbons (Fsp3) is 0.308. The van der Waals surface area contributed by atoms with E-state index in [2.05, 4.69) is 40.8 Å². The van der Waals surface area contributed by atoms with Crippen LogP contribution in [0, 0.1) is 29.2 Å². The maximum Gasteiger partial charge on any atom is -0.147 e. The Kier molecular flexibility index (Phi) is 9.46. The number of halogens is 6. The summed E-state index contributed by atoms with van der Waals surface area (Å²) >= 11 is -2.36. The van der Waals surface area contributed by atoms with Crippen molar-refractivity contribution in [2.75, 3.05) is 0 Å². The molecule has 0 aliphatic heterocycles. The average molecular weight is 607 g/mol. The summed E-state index contributed by atoms with van der Waals surface area (Å²) in [5, 5.41) is 0. The van der Waals surface area contributed by atoms with Crippen molar-refractivity contribution in [3.8, 4) is 0 Å². The van der Waals surface area contributed by atoms with Crippen LogP contribution in [0.25, 0.3) is 5.57 Å². The Morgan fingerprint density at radius 1 is 0.853 bits per heavy atom. The van der Waals surface area contributed by atoms with Gasteiger partial charge < -0.3 is 0 Å². The number of allylic oxidation sites excluding steroid dienone is 5. The molecule has 0 spiro atoms. The van der Waals surface area contributed by atoms with Crippen LogP contribution < -0.4 is 0 Å². The van der Waals surface area contributed by atoms with Crippen LogP contribution in [0.1, 0.15) is 48.0 Å². The van der Waals surface area contributed by atoms with Gasteiger partial charge in [-0.2, -0.15) is 0 Å². The zero-order valence-electron chi connectivity index (χ0n) is 19.9. The molecule has 0 saturated carbocycles. The third-order valence-corrected chi connectivity index (χ3v) is 25.7. The summed E-state index contributed by atoms with van der Waals surface area (Å²) in [5.41, 5.74) is 5.17. The summed E-state index contributed by atoms with van der Waals surface area (Å²) in [5.74, 6) is -5.26. The first kappa shape index (κ1) is 29.3. The van der Waals surface area contributed by atoms with E-state index in [1.165, 1.54) is 16.7 Å². The molecule has 0 radical (unpaired) electrons. The molecule has 2 atom stereocenters. The van der Waals surface area contributed by atoms with Gasteiger partial charge in [-0.1, -0.05) is 0 Å². The van der Waals surface area contributed by atoms with E-state index in [1.807, 2.05) is 30.3 Å². The molecule has 182 valence electrons. The van der Waals surface area contributed by atoms with Gasteiger partial charge in [0.15, 0.2) is 0 Å². The Morgan fingerprint density at radius 3 is 2.03 bits per heavy atom. The molecule has 2 aliphatic rings. The monoisotopic (exact) mass is 604 g/mol. The number of hydrogen-bond acceptors (Lipinski definition) is 0. The molecule has 2 aliphatic carbocycles. The van der Waals surface area contributed by atoms with Crippen LogP contribution in [0.2, 0.25) is 13.1 Å². The summed E-state index contributed by atoms with van der Waals surface area (Å²) in [7, 11) is 0. The van der Waals surface area contributed by atoms with E-state index in [0.717, 1.165) is 11.1 Å². The van der Waals surface area contributed by atoms with Gasteiger partial charge in [0.2, 0.25) is 0 Å². The molecular weight excluding hydrogens is 578 g/mol. The molecule has 0 nitrogen and oxygen atoms in total. The molecule has 0 bridgehead atoms. The van der Waals surface area contributed by atoms with Gasteiger partial charge in [0.05, 0.1) is 0 Å². The Bertz CT molecular complexity index is 1290. The van der Waals surface area contributed by atoms with Crippen molar-refractivity contribution >= 4 is 35.8 Å². The van der Waals surface area contributed by atoms with Crippen molar-refractivity contribution in [1.82, 2.24) is 0 Å². The van der Waals surface area contributed by atoms with Crippen LogP contribution in [0.3, 0.4) is 0 Å². The quantitative estimate of drug-likeness (QED) is 0.142. The molecule has 34 heavy (non-hydrogen) atoms. The van der Waals surface area contributed by atoms with Gasteiger partial charge in [-0.25, -0.2) is 0 Å². The van der Waals surface area contributed by atoms with Crippen molar-refractivity contribution in [1.29, 1.82) is 0 Å². The minimum Gasteiger partial charge on any atom is -0.147 e. The van der Waals surface area contributed by atoms with Crippen LogP contribution in [-0.2, 0) is 20.4 Å². The van der Waals surface area contributed by atoms with E-state index in [1.54, 1.807) is 3.28 Å². The SMILES string of the molecule is CC1=C(C)C(C)[C]([Zr]([CH]2C=C(c3c(F)cc(F)c(F)c3F)c3ccccc32)=[Si](C)C)=C1C.Cl.Cl. The van der Waals surface area contributed by atoms with Gasteiger partial charge in [0, 0.05) is 0 Å². The van der Waals surface area contributed by atoms with Gasteiger partial charge in [0.25, 0.3) is 0 Å². The fourth-order valence-electron chi connectivity index (χ4n) is 5.18. The van der Waals surface area contributed by atoms with Crippen LogP contribution in [-0.4, -0.2) is 5.43 Å². The van der Waals surface area contributed by atoms with E-state index in [0.29, 0.717) is 17.6 Å². The van der Waals surface area contributed by atoms with Crippen LogP contribution >= 0.6 is 24.8 Å². The second-order valence-corrected chi connectivity index (χ2v) is 26.4. The van der Waals surface area contributed by atoms with Crippen molar-refractivity contribution in [3.63, 3.8) is 0 Å². The molecule has 2 unspecified atom stereocenters. The van der Waals surface area contributed by atoms with Gasteiger partial charge in [-0.05, 0) is 0 Å². The van der Waals surface area contributed by atoms with E-state index in [-0.39, 0.29) is 28.4 Å². The van der Waals surface area contributed by atoms with E-state index in [4.69, 9.17) is 0 Å². The normalized spacial score (nSPS) is 18.9. The largest absolute Gasteiger partial charge is 0.147 e. The molecule has 2 aromatic rings. The molecular formula is C26H28Cl2F4SiZr. The van der Waals surface area contributed by atoms with Crippen LogP contribution in [0.15, 0.2) is 56.4 Å². The van der Waals surface area contributed by atoms with E-state index < -0.39 is 54.6 Å². The number of rotatable bonds is 3. The minimum absolute atomic E-state index is 0. The zero-order chi connectivity index (χ0) is 23.5. The second kappa shape index (κ2) is 11.0. The Hall–Kier alpha value is -0.940. The molecule has 0 heterocycles. The predicted octanol–water partition coefficient (Wildman–Crippen LogP) is 8.70. The standard InChI is InChI=1S/C15H7F4.C9H13.C2H6Si.2ClH.Zr/c16-11-7-12(17)14(18)15(19)13(11)10-6-5-8-3-1-2-4-9(8)10;1-6-5-7(2)9(4)8(6)3;1-3-2;;;/h1-7H;6H,1-4H3;1-2H3;2*1H;. The summed E-state index contributed by atoms with van der Waals surface area (Å²) in [6.45, 7) is 13.6. The summed E-state index contributed by atoms with van der Waals surface area (Å²) in [6.07, 6.45) is 1.96. The Labute approximate surface area is 219 Å². The Balaban J connectivity index is 0.00000204. The first-order valence-corrected chi connectivity index (χ1v) is 19.6. The maximum absolute atomic E-state index is 14.8. The third-order valence-electron chi connectivity index (χ3n) is 7.08. The molecule has 0 aromatic heterocycles. The third kappa shape index (κ3) is 4.61. The number of hydrogen-bond donors (Lipinski definition) is 0. The smallest absolute Gasteiger partial charge is 0.147 e. The molecule has 0 N–H and O–H groups in total. The summed E-state index contributed by atoms with van der Waals surface area (Å²) in [4.78, 5) is 0. The van der Waals surface area contributed by atoms with Gasteiger partial charge in [0.1, 0.15) is 0 Å². The number of benzene rings is 2. The summed E-state index contributed by atoms with van der Waals surface area (Å²) in [6, 6.07) is 8.10. The molecule has 2 aromatic carbocycles. The van der Waals surface area contributed by atoms with E-state index in [9.17, 15) is 17.6 Å². The second-order valence-electron chi connectivity index (χ2n) is 8.97. The first-order chi connectivity index (χ1) is 15.1. The molecule has 0 amide bonds. The van der Waals surface area contributed by atoms with Crippen molar-refractivity contribution in [3.05, 3.63) is 96.4 Å². The molecule has 0 fully saturated rings.